The third-order valence-electron chi connectivity index (χ3n) is 2.68. The third-order valence-corrected chi connectivity index (χ3v) is 2.68. The van der Waals surface area contributed by atoms with Gasteiger partial charge in [-0.05, 0) is 13.3 Å². The second-order valence-corrected chi connectivity index (χ2v) is 4.47. The van der Waals surface area contributed by atoms with Crippen molar-refractivity contribution in [3.05, 3.63) is 11.9 Å². The van der Waals surface area contributed by atoms with Gasteiger partial charge in [0.05, 0.1) is 0 Å². The molecule has 0 saturated heterocycles. The largest absolute Gasteiger partial charge is 0.370 e. The van der Waals surface area contributed by atoms with Crippen LogP contribution in [0.2, 0.25) is 0 Å². The van der Waals surface area contributed by atoms with Crippen LogP contribution in [0.4, 0.5) is 11.6 Å². The van der Waals surface area contributed by atoms with Gasteiger partial charge in [-0.3, -0.25) is 4.79 Å². The van der Waals surface area contributed by atoms with Crippen LogP contribution in [-0.4, -0.2) is 35.5 Å². The molecule has 112 valence electrons. The quantitative estimate of drug-likeness (QED) is 0.642. The van der Waals surface area contributed by atoms with Gasteiger partial charge in [-0.1, -0.05) is 13.8 Å². The molecule has 0 spiro atoms. The standard InChI is InChI=1S/C14H25N5O/c1-4-8-17-14(20)7-9-16-13-10-12(15-6-3)18-11(5-2)19-13/h10H,4-9H2,1-3H3,(H,17,20)(H2,15,16,18,19). The number of aromatic nitrogens is 2. The molecule has 0 fully saturated rings. The van der Waals surface area contributed by atoms with Gasteiger partial charge in [0.1, 0.15) is 17.5 Å². The maximum atomic E-state index is 11.5. The van der Waals surface area contributed by atoms with Crippen molar-refractivity contribution in [2.45, 2.75) is 40.0 Å². The Morgan fingerprint density at radius 2 is 1.80 bits per heavy atom. The Kier molecular flexibility index (Phi) is 7.39. The van der Waals surface area contributed by atoms with E-state index in [9.17, 15) is 4.79 Å². The number of hydrogen-bond donors (Lipinski definition) is 3. The van der Waals surface area contributed by atoms with Crippen LogP contribution >= 0.6 is 0 Å². The van der Waals surface area contributed by atoms with Crippen LogP contribution in [0.5, 0.6) is 0 Å². The summed E-state index contributed by atoms with van der Waals surface area (Å²) in [6.45, 7) is 8.21. The van der Waals surface area contributed by atoms with E-state index >= 15 is 0 Å². The molecule has 0 unspecified atom stereocenters. The number of amides is 1. The van der Waals surface area contributed by atoms with Gasteiger partial charge in [-0.15, -0.1) is 0 Å². The normalized spacial score (nSPS) is 10.2. The SMILES string of the molecule is CCCNC(=O)CCNc1cc(NCC)nc(CC)n1. The lowest BCUT2D eigenvalue weighted by molar-refractivity contribution is -0.120. The topological polar surface area (TPSA) is 78.9 Å². The molecule has 0 aliphatic heterocycles. The molecule has 1 aromatic heterocycles. The van der Waals surface area contributed by atoms with E-state index in [1.807, 2.05) is 26.8 Å². The first-order valence-corrected chi connectivity index (χ1v) is 7.31. The van der Waals surface area contributed by atoms with E-state index in [-0.39, 0.29) is 5.91 Å². The van der Waals surface area contributed by atoms with E-state index in [1.54, 1.807) is 0 Å². The molecular weight excluding hydrogens is 254 g/mol. The van der Waals surface area contributed by atoms with Gasteiger partial charge in [-0.2, -0.15) is 0 Å². The summed E-state index contributed by atoms with van der Waals surface area (Å²) in [4.78, 5) is 20.3. The molecule has 0 saturated carbocycles. The van der Waals surface area contributed by atoms with Gasteiger partial charge in [0.15, 0.2) is 0 Å². The van der Waals surface area contributed by atoms with Crippen molar-refractivity contribution in [3.63, 3.8) is 0 Å². The van der Waals surface area contributed by atoms with Gasteiger partial charge < -0.3 is 16.0 Å². The summed E-state index contributed by atoms with van der Waals surface area (Å²) in [6, 6.07) is 1.87. The van der Waals surface area contributed by atoms with Crippen molar-refractivity contribution < 1.29 is 4.79 Å². The van der Waals surface area contributed by atoms with Crippen molar-refractivity contribution in [1.29, 1.82) is 0 Å². The van der Waals surface area contributed by atoms with E-state index in [0.717, 1.165) is 43.4 Å². The molecule has 3 N–H and O–H groups in total. The van der Waals surface area contributed by atoms with E-state index in [0.29, 0.717) is 13.0 Å². The van der Waals surface area contributed by atoms with Gasteiger partial charge in [0.2, 0.25) is 5.91 Å². The molecule has 0 aliphatic carbocycles. The fraction of sp³-hybridized carbons (Fsp3) is 0.643. The van der Waals surface area contributed by atoms with Crippen LogP contribution in [0.3, 0.4) is 0 Å². The van der Waals surface area contributed by atoms with Crippen molar-refractivity contribution in [3.8, 4) is 0 Å². The van der Waals surface area contributed by atoms with Crippen LogP contribution < -0.4 is 16.0 Å². The zero-order valence-corrected chi connectivity index (χ0v) is 12.6. The number of anilines is 2. The molecular formula is C14H25N5O. The van der Waals surface area contributed by atoms with Crippen molar-refractivity contribution in [1.82, 2.24) is 15.3 Å². The monoisotopic (exact) mass is 279 g/mol. The Hall–Kier alpha value is -1.85. The first-order chi connectivity index (χ1) is 9.69. The lowest BCUT2D eigenvalue weighted by Crippen LogP contribution is -2.26. The summed E-state index contributed by atoms with van der Waals surface area (Å²) < 4.78 is 0. The van der Waals surface area contributed by atoms with Crippen molar-refractivity contribution in [2.24, 2.45) is 0 Å². The fourth-order valence-corrected chi connectivity index (χ4v) is 1.67. The predicted octanol–water partition coefficient (Wildman–Crippen LogP) is 1.80. The molecule has 20 heavy (non-hydrogen) atoms. The molecule has 6 nitrogen and oxygen atoms in total. The molecule has 0 atom stereocenters. The van der Waals surface area contributed by atoms with Gasteiger partial charge in [-0.25, -0.2) is 9.97 Å². The lowest BCUT2D eigenvalue weighted by atomic mass is 10.3. The number of rotatable bonds is 9. The summed E-state index contributed by atoms with van der Waals surface area (Å²) in [5.41, 5.74) is 0. The van der Waals surface area contributed by atoms with Gasteiger partial charge in [0, 0.05) is 38.5 Å². The van der Waals surface area contributed by atoms with E-state index in [2.05, 4.69) is 25.9 Å². The third kappa shape index (κ3) is 5.86. The molecule has 0 radical (unpaired) electrons. The van der Waals surface area contributed by atoms with E-state index in [4.69, 9.17) is 0 Å². The lowest BCUT2D eigenvalue weighted by Gasteiger charge is -2.10. The highest BCUT2D eigenvalue weighted by atomic mass is 16.1. The molecule has 6 heteroatoms. The Labute approximate surface area is 120 Å². The van der Waals surface area contributed by atoms with Crippen LogP contribution in [0.1, 0.15) is 39.4 Å². The number of hydrogen-bond acceptors (Lipinski definition) is 5. The Bertz CT molecular complexity index is 422. The van der Waals surface area contributed by atoms with Crippen molar-refractivity contribution >= 4 is 17.5 Å². The minimum absolute atomic E-state index is 0.0658. The highest BCUT2D eigenvalue weighted by Crippen LogP contribution is 2.11. The highest BCUT2D eigenvalue weighted by Gasteiger charge is 2.04. The number of aryl methyl sites for hydroxylation is 1. The molecule has 0 aliphatic rings. The van der Waals surface area contributed by atoms with Gasteiger partial charge in [0.25, 0.3) is 0 Å². The summed E-state index contributed by atoms with van der Waals surface area (Å²) in [5, 5.41) is 9.20. The van der Waals surface area contributed by atoms with Crippen LogP contribution in [0.25, 0.3) is 0 Å². The number of nitrogens with one attached hydrogen (secondary N) is 3. The maximum Gasteiger partial charge on any atom is 0.221 e. The average molecular weight is 279 g/mol. The summed E-state index contributed by atoms with van der Waals surface area (Å²) in [6.07, 6.45) is 2.18. The smallest absolute Gasteiger partial charge is 0.221 e. The van der Waals surface area contributed by atoms with Crippen molar-refractivity contribution in [2.75, 3.05) is 30.3 Å². The second-order valence-electron chi connectivity index (χ2n) is 4.47. The Balaban J connectivity index is 2.50. The Morgan fingerprint density at radius 1 is 1.10 bits per heavy atom. The number of carbonyl (C=O) groups excluding carboxylic acids is 1. The number of carbonyl (C=O) groups is 1. The molecule has 0 aromatic carbocycles. The first-order valence-electron chi connectivity index (χ1n) is 7.31. The molecule has 1 amide bonds. The highest BCUT2D eigenvalue weighted by molar-refractivity contribution is 5.76. The van der Waals surface area contributed by atoms with E-state index in [1.165, 1.54) is 0 Å². The number of nitrogens with zero attached hydrogens (tertiary/aromatic N) is 2. The first kappa shape index (κ1) is 16.2. The molecule has 0 bridgehead atoms. The molecule has 1 rings (SSSR count). The molecule has 1 aromatic rings. The summed E-state index contributed by atoms with van der Waals surface area (Å²) in [5.74, 6) is 2.44. The van der Waals surface area contributed by atoms with Crippen LogP contribution in [0.15, 0.2) is 6.07 Å². The van der Waals surface area contributed by atoms with E-state index < -0.39 is 0 Å². The second kappa shape index (κ2) is 9.12. The molecule has 1 heterocycles. The zero-order chi connectivity index (χ0) is 14.8. The fourth-order valence-electron chi connectivity index (χ4n) is 1.67. The van der Waals surface area contributed by atoms with Crippen LogP contribution in [0, 0.1) is 0 Å². The zero-order valence-electron chi connectivity index (χ0n) is 12.6. The predicted molar refractivity (Wildman–Crippen MR) is 82.0 cm³/mol. The maximum absolute atomic E-state index is 11.5. The van der Waals surface area contributed by atoms with Gasteiger partial charge >= 0.3 is 0 Å². The minimum atomic E-state index is 0.0658. The Morgan fingerprint density at radius 3 is 2.40 bits per heavy atom. The van der Waals surface area contributed by atoms with Crippen LogP contribution in [-0.2, 0) is 11.2 Å². The minimum Gasteiger partial charge on any atom is -0.370 e. The summed E-state index contributed by atoms with van der Waals surface area (Å²) in [7, 11) is 0. The summed E-state index contributed by atoms with van der Waals surface area (Å²) >= 11 is 0. The average Bonchev–Trinajstić information content (AvgIpc) is 2.45.